The molecule has 0 amide bonds. The van der Waals surface area contributed by atoms with Crippen molar-refractivity contribution in [3.05, 3.63) is 11.6 Å². The summed E-state index contributed by atoms with van der Waals surface area (Å²) in [6, 6.07) is 0. The molecule has 0 aromatic rings. The number of hydrogen-bond acceptors (Lipinski definition) is 4. The van der Waals surface area contributed by atoms with Crippen molar-refractivity contribution in [3.8, 4) is 0 Å². The van der Waals surface area contributed by atoms with Crippen molar-refractivity contribution in [2.24, 2.45) is 5.16 Å². The van der Waals surface area contributed by atoms with Gasteiger partial charge in [-0.1, -0.05) is 11.2 Å². The maximum Gasteiger partial charge on any atom is 0.106 e. The Morgan fingerprint density at radius 3 is 3.08 bits per heavy atom. The second kappa shape index (κ2) is 4.23. The average Bonchev–Trinajstić information content (AvgIpc) is 2.05. The summed E-state index contributed by atoms with van der Waals surface area (Å²) in [6.45, 7) is 3.11. The van der Waals surface area contributed by atoms with Gasteiger partial charge in [0.2, 0.25) is 0 Å². The van der Waals surface area contributed by atoms with E-state index in [1.165, 1.54) is 12.2 Å². The zero-order valence-electron chi connectivity index (χ0n) is 7.45. The number of nitrogens with zero attached hydrogens (tertiary/aromatic N) is 2. The summed E-state index contributed by atoms with van der Waals surface area (Å²) in [5.74, 6) is 0. The van der Waals surface area contributed by atoms with Gasteiger partial charge in [-0.2, -0.15) is 5.06 Å². The molecule has 0 unspecified atom stereocenters. The molecule has 1 heterocycles. The van der Waals surface area contributed by atoms with Crippen LogP contribution in [0, 0.1) is 0 Å². The van der Waals surface area contributed by atoms with Crippen LogP contribution in [-0.2, 0) is 4.84 Å². The van der Waals surface area contributed by atoms with E-state index < -0.39 is 0 Å². The highest BCUT2D eigenvalue weighted by molar-refractivity contribution is 5.98. The van der Waals surface area contributed by atoms with E-state index in [-0.39, 0.29) is 0 Å². The Balaban J connectivity index is 2.62. The van der Waals surface area contributed by atoms with Crippen LogP contribution in [0.15, 0.2) is 16.8 Å². The van der Waals surface area contributed by atoms with Gasteiger partial charge in [-0.05, 0) is 18.9 Å². The predicted octanol–water partition coefficient (Wildman–Crippen LogP) is 1.03. The lowest BCUT2D eigenvalue weighted by Crippen LogP contribution is -2.28. The molecule has 0 atom stereocenters. The van der Waals surface area contributed by atoms with Crippen molar-refractivity contribution in [2.75, 3.05) is 20.2 Å². The quantitative estimate of drug-likeness (QED) is 0.497. The minimum Gasteiger partial charge on any atom is -0.399 e. The van der Waals surface area contributed by atoms with Crippen LogP contribution in [0.3, 0.4) is 0 Å². The largest absolute Gasteiger partial charge is 0.399 e. The van der Waals surface area contributed by atoms with Crippen LogP contribution in [0.1, 0.15) is 13.3 Å². The third-order valence-electron chi connectivity index (χ3n) is 1.82. The Kier molecular flexibility index (Phi) is 3.25. The molecule has 0 fully saturated rings. The van der Waals surface area contributed by atoms with Gasteiger partial charge in [-0.25, -0.2) is 0 Å². The van der Waals surface area contributed by atoms with E-state index in [0.717, 1.165) is 17.7 Å². The molecule has 0 radical (unpaired) electrons. The lowest BCUT2D eigenvalue weighted by atomic mass is 10.1. The minimum absolute atomic E-state index is 0.540. The molecule has 0 saturated heterocycles. The second-order valence-corrected chi connectivity index (χ2v) is 2.77. The Hall–Kier alpha value is -0.870. The molecule has 1 rings (SSSR count). The zero-order chi connectivity index (χ0) is 8.97. The maximum atomic E-state index is 9.19. The predicted molar refractivity (Wildman–Crippen MR) is 46.2 cm³/mol. The third-order valence-corrected chi connectivity index (χ3v) is 1.82. The summed E-state index contributed by atoms with van der Waals surface area (Å²) in [7, 11) is 1.52. The molecule has 1 aliphatic rings. The van der Waals surface area contributed by atoms with E-state index in [1.54, 1.807) is 0 Å². The number of hydroxylamine groups is 2. The van der Waals surface area contributed by atoms with Crippen molar-refractivity contribution in [1.82, 2.24) is 5.06 Å². The van der Waals surface area contributed by atoms with Gasteiger partial charge >= 0.3 is 0 Å². The molecule has 1 N–H and O–H groups in total. The minimum atomic E-state index is 0.540. The highest BCUT2D eigenvalue weighted by Gasteiger charge is 2.11. The molecular formula is C8H14N2O2. The Morgan fingerprint density at radius 1 is 1.75 bits per heavy atom. The van der Waals surface area contributed by atoms with Gasteiger partial charge in [0.25, 0.3) is 0 Å². The summed E-state index contributed by atoms with van der Waals surface area (Å²) < 4.78 is 0. The van der Waals surface area contributed by atoms with Gasteiger partial charge in [0.15, 0.2) is 0 Å². The Bertz CT molecular complexity index is 211. The summed E-state index contributed by atoms with van der Waals surface area (Å²) in [5.41, 5.74) is 1.86. The van der Waals surface area contributed by atoms with E-state index in [2.05, 4.69) is 16.1 Å². The Morgan fingerprint density at radius 2 is 2.50 bits per heavy atom. The number of hydrogen-bond donors (Lipinski definition) is 1. The van der Waals surface area contributed by atoms with E-state index in [4.69, 9.17) is 0 Å². The number of rotatable bonds is 2. The molecule has 1 aliphatic heterocycles. The van der Waals surface area contributed by atoms with Gasteiger partial charge in [0, 0.05) is 6.54 Å². The third kappa shape index (κ3) is 2.32. The topological polar surface area (TPSA) is 45.1 Å². The highest BCUT2D eigenvalue weighted by Crippen LogP contribution is 2.09. The lowest BCUT2D eigenvalue weighted by molar-refractivity contribution is -0.0831. The fourth-order valence-electron chi connectivity index (χ4n) is 1.19. The van der Waals surface area contributed by atoms with E-state index >= 15 is 0 Å². The maximum absolute atomic E-state index is 9.19. The molecule has 68 valence electrons. The smallest absolute Gasteiger partial charge is 0.106 e. The fraction of sp³-hybridized carbons (Fsp3) is 0.625. The van der Waals surface area contributed by atoms with Crippen molar-refractivity contribution in [2.45, 2.75) is 13.3 Å². The highest BCUT2D eigenvalue weighted by atomic mass is 16.6. The molecule has 0 saturated carbocycles. The fourth-order valence-corrected chi connectivity index (χ4v) is 1.19. The van der Waals surface area contributed by atoms with Crippen molar-refractivity contribution in [3.63, 3.8) is 0 Å². The molecule has 0 aromatic carbocycles. The van der Waals surface area contributed by atoms with Crippen LogP contribution < -0.4 is 0 Å². The van der Waals surface area contributed by atoms with Crippen LogP contribution in [0.25, 0.3) is 0 Å². The van der Waals surface area contributed by atoms with Crippen molar-refractivity contribution in [1.29, 1.82) is 0 Å². The van der Waals surface area contributed by atoms with Gasteiger partial charge in [-0.15, -0.1) is 0 Å². The van der Waals surface area contributed by atoms with Crippen LogP contribution in [0.4, 0.5) is 0 Å². The van der Waals surface area contributed by atoms with E-state index in [1.807, 2.05) is 6.92 Å². The first-order valence-electron chi connectivity index (χ1n) is 3.95. The number of oxime groups is 1. The van der Waals surface area contributed by atoms with Crippen molar-refractivity contribution < 1.29 is 10.0 Å². The van der Waals surface area contributed by atoms with Gasteiger partial charge in [0.1, 0.15) is 7.11 Å². The normalized spacial score (nSPS) is 20.6. The SMILES string of the molecule is CON=C(C)C1=CCCN(O)C1. The van der Waals surface area contributed by atoms with Gasteiger partial charge in [-0.3, -0.25) is 0 Å². The zero-order valence-corrected chi connectivity index (χ0v) is 7.45. The molecule has 0 aliphatic carbocycles. The molecule has 0 aromatic heterocycles. The lowest BCUT2D eigenvalue weighted by Gasteiger charge is -2.20. The summed E-state index contributed by atoms with van der Waals surface area (Å²) in [6.07, 6.45) is 2.94. The van der Waals surface area contributed by atoms with Gasteiger partial charge < -0.3 is 10.0 Å². The monoisotopic (exact) mass is 170 g/mol. The first-order valence-corrected chi connectivity index (χ1v) is 3.95. The molecule has 0 spiro atoms. The first kappa shape index (κ1) is 9.22. The Labute approximate surface area is 72.1 Å². The second-order valence-electron chi connectivity index (χ2n) is 2.77. The molecule has 4 heteroatoms. The van der Waals surface area contributed by atoms with Crippen LogP contribution >= 0.6 is 0 Å². The van der Waals surface area contributed by atoms with E-state index in [9.17, 15) is 5.21 Å². The summed E-state index contributed by atoms with van der Waals surface area (Å²) >= 11 is 0. The summed E-state index contributed by atoms with van der Waals surface area (Å²) in [4.78, 5) is 4.64. The van der Waals surface area contributed by atoms with E-state index in [0.29, 0.717) is 13.1 Å². The summed E-state index contributed by atoms with van der Waals surface area (Å²) in [5, 5.41) is 14.3. The van der Waals surface area contributed by atoms with Crippen LogP contribution in [0.2, 0.25) is 0 Å². The van der Waals surface area contributed by atoms with Crippen molar-refractivity contribution >= 4 is 5.71 Å². The standard InChI is InChI=1S/C8H14N2O2/c1-7(9-12-2)8-4-3-5-10(11)6-8/h4,11H,3,5-6H2,1-2H3. The molecule has 4 nitrogen and oxygen atoms in total. The average molecular weight is 170 g/mol. The van der Waals surface area contributed by atoms with Gasteiger partial charge in [0.05, 0.1) is 12.3 Å². The molecule has 12 heavy (non-hydrogen) atoms. The molecule has 0 bridgehead atoms. The van der Waals surface area contributed by atoms with Crippen LogP contribution in [0.5, 0.6) is 0 Å². The molecular weight excluding hydrogens is 156 g/mol. The first-order chi connectivity index (χ1) is 5.74. The van der Waals surface area contributed by atoms with Crippen LogP contribution in [-0.4, -0.2) is 36.2 Å².